The summed E-state index contributed by atoms with van der Waals surface area (Å²) in [6, 6.07) is 17.5. The zero-order valence-electron chi connectivity index (χ0n) is 38.9. The van der Waals surface area contributed by atoms with Gasteiger partial charge in [-0.05, 0) is 69.0 Å². The van der Waals surface area contributed by atoms with Crippen molar-refractivity contribution in [1.29, 1.82) is 0 Å². The highest BCUT2D eigenvalue weighted by Crippen LogP contribution is 2.39. The molecule has 4 aliphatic rings. The number of rotatable bonds is 19. The summed E-state index contributed by atoms with van der Waals surface area (Å²) in [5.41, 5.74) is 2.65. The monoisotopic (exact) mass is 985 g/mol. The summed E-state index contributed by atoms with van der Waals surface area (Å²) in [7, 11) is -0.937. The van der Waals surface area contributed by atoms with Gasteiger partial charge < -0.3 is 43.9 Å². The van der Waals surface area contributed by atoms with Gasteiger partial charge in [-0.1, -0.05) is 29.8 Å². The molecule has 8 rings (SSSR count). The number of ether oxygens (including phenoxy) is 4. The number of para-hydroxylation sites is 1. The maximum absolute atomic E-state index is 13.3. The lowest BCUT2D eigenvalue weighted by atomic mass is 10.0. The molecule has 0 aliphatic carbocycles. The number of nitrogens with zero attached hydrogens (tertiary/aromatic N) is 6. The smallest absolute Gasteiger partial charge is 0.266 e. The van der Waals surface area contributed by atoms with Gasteiger partial charge in [0.2, 0.25) is 23.7 Å². The van der Waals surface area contributed by atoms with Crippen molar-refractivity contribution in [3.63, 3.8) is 0 Å². The van der Waals surface area contributed by atoms with E-state index in [1.807, 2.05) is 41.3 Å². The van der Waals surface area contributed by atoms with E-state index >= 15 is 0 Å². The molecule has 3 fully saturated rings. The van der Waals surface area contributed by atoms with Crippen LogP contribution in [0.3, 0.4) is 0 Å². The number of piperazine rings is 1. The number of benzene rings is 3. The predicted octanol–water partition coefficient (Wildman–Crippen LogP) is 4.89. The first-order chi connectivity index (χ1) is 33.3. The van der Waals surface area contributed by atoms with Crippen molar-refractivity contribution in [2.24, 2.45) is 0 Å². The van der Waals surface area contributed by atoms with Gasteiger partial charge in [0, 0.05) is 68.8 Å². The van der Waals surface area contributed by atoms with Crippen molar-refractivity contribution >= 4 is 82.4 Å². The minimum atomic E-state index is -2.57. The van der Waals surface area contributed by atoms with Crippen LogP contribution in [0.15, 0.2) is 66.9 Å². The first-order valence-electron chi connectivity index (χ1n) is 23.1. The van der Waals surface area contributed by atoms with Crippen LogP contribution < -0.4 is 35.6 Å². The van der Waals surface area contributed by atoms with E-state index in [-0.39, 0.29) is 68.5 Å². The number of hydrogen-bond donors (Lipinski definition) is 3. The maximum atomic E-state index is 13.3. The summed E-state index contributed by atoms with van der Waals surface area (Å²) in [4.78, 5) is 80.0. The number of carbonyl (C=O) groups excluding carboxylic acids is 5. The van der Waals surface area contributed by atoms with Crippen molar-refractivity contribution < 1.29 is 47.5 Å². The maximum Gasteiger partial charge on any atom is 0.266 e. The van der Waals surface area contributed by atoms with E-state index in [2.05, 4.69) is 41.8 Å². The second-order valence-electron chi connectivity index (χ2n) is 17.5. The van der Waals surface area contributed by atoms with Gasteiger partial charge in [0.05, 0.1) is 68.7 Å². The summed E-state index contributed by atoms with van der Waals surface area (Å²) in [5, 5.41) is 9.71. The van der Waals surface area contributed by atoms with Gasteiger partial charge in [0.15, 0.2) is 5.82 Å². The number of carbonyl (C=O) groups is 5. The van der Waals surface area contributed by atoms with Gasteiger partial charge in [-0.2, -0.15) is 4.98 Å². The summed E-state index contributed by atoms with van der Waals surface area (Å²) in [6.45, 7) is 9.36. The number of fused-ring (bicyclic) bond motifs is 1. The number of methoxy groups -OCH3 is 1. The molecule has 1 unspecified atom stereocenters. The van der Waals surface area contributed by atoms with E-state index in [4.69, 9.17) is 30.5 Å². The summed E-state index contributed by atoms with van der Waals surface area (Å²) in [6.07, 6.45) is 3.91. The van der Waals surface area contributed by atoms with Gasteiger partial charge in [0.1, 0.15) is 36.3 Å². The van der Waals surface area contributed by atoms with Gasteiger partial charge in [-0.3, -0.25) is 39.1 Å². The number of amides is 5. The van der Waals surface area contributed by atoms with E-state index in [9.17, 15) is 28.5 Å². The highest BCUT2D eigenvalue weighted by Gasteiger charge is 2.46. The van der Waals surface area contributed by atoms with Crippen LogP contribution in [0, 0.1) is 0 Å². The highest BCUT2D eigenvalue weighted by atomic mass is 35.5. The molecule has 5 amide bonds. The number of imide groups is 2. The van der Waals surface area contributed by atoms with Crippen LogP contribution in [-0.4, -0.2) is 159 Å². The molecular weight excluding hydrogens is 929 g/mol. The fourth-order valence-corrected chi connectivity index (χ4v) is 10.4. The molecular formula is C48H57ClN9O10P. The largest absolute Gasteiger partial charge is 0.494 e. The number of halogens is 1. The molecule has 366 valence electrons. The second-order valence-corrected chi connectivity index (χ2v) is 21.1. The van der Waals surface area contributed by atoms with Crippen molar-refractivity contribution in [3.05, 3.63) is 83.0 Å². The lowest BCUT2D eigenvalue weighted by molar-refractivity contribution is -0.136. The zero-order valence-corrected chi connectivity index (χ0v) is 40.6. The Labute approximate surface area is 405 Å². The van der Waals surface area contributed by atoms with E-state index in [1.54, 1.807) is 32.6 Å². The lowest BCUT2D eigenvalue weighted by Crippen LogP contribution is -2.54. The van der Waals surface area contributed by atoms with Crippen LogP contribution in [0.2, 0.25) is 5.02 Å². The molecule has 3 aromatic carbocycles. The molecule has 21 heteroatoms. The van der Waals surface area contributed by atoms with Crippen LogP contribution in [-0.2, 0) is 28.4 Å². The van der Waals surface area contributed by atoms with Crippen molar-refractivity contribution in [2.75, 3.05) is 108 Å². The molecule has 0 saturated carbocycles. The normalized spacial score (nSPS) is 18.0. The first-order valence-corrected chi connectivity index (χ1v) is 26.1. The Kier molecular flexibility index (Phi) is 15.8. The molecule has 0 spiro atoms. The average molecular weight is 986 g/mol. The number of anilines is 5. The topological polar surface area (TPSA) is 214 Å². The molecule has 0 bridgehead atoms. The molecule has 5 heterocycles. The Morgan fingerprint density at radius 3 is 2.30 bits per heavy atom. The zero-order chi connectivity index (χ0) is 48.7. The SMILES string of the molecule is COc1cc(N2CCC(N3CCN(C(=O)CCOCCOCCOc4cccc5c4C(=O)N(C4CCC(=O)NC4=O)C5=O)CC3)CC2)ccc1Nc1ncc(Cl)c(Nc2ccccc2P(C)(C)=O)n1. The van der Waals surface area contributed by atoms with Crippen molar-refractivity contribution in [2.45, 2.75) is 44.2 Å². The quantitative estimate of drug-likeness (QED) is 0.0648. The minimum absolute atomic E-state index is 0.0376. The number of nitrogens with one attached hydrogen (secondary N) is 3. The van der Waals surface area contributed by atoms with Gasteiger partial charge in [0.25, 0.3) is 11.8 Å². The standard InChI is InChI=1S/C48H57ClN9O10P/c1-65-39-29-32(11-12-35(39)52-48-50-30-34(49)44(54-48)51-36-8-4-5-10-40(36)69(2,3)64)55-18-15-31(16-19-55)56-20-22-57(23-21-56)42(60)17-24-66-25-26-67-27-28-68-38-9-6-7-33-43(38)47(63)58(46(33)62)37-13-14-41(59)53-45(37)61/h4-12,29-31,37H,13-28H2,1-3H3,(H,53,59,61)(H2,50,51,52,54). The number of aromatic nitrogens is 2. The van der Waals surface area contributed by atoms with Crippen LogP contribution in [0.4, 0.5) is 28.8 Å². The molecule has 69 heavy (non-hydrogen) atoms. The third-order valence-corrected chi connectivity index (χ3v) is 14.5. The minimum Gasteiger partial charge on any atom is -0.494 e. The Bertz CT molecular complexity index is 2620. The van der Waals surface area contributed by atoms with E-state index < -0.39 is 36.8 Å². The van der Waals surface area contributed by atoms with Crippen molar-refractivity contribution in [3.8, 4) is 11.5 Å². The Morgan fingerprint density at radius 2 is 1.57 bits per heavy atom. The molecule has 0 radical (unpaired) electrons. The number of hydrogen-bond acceptors (Lipinski definition) is 16. The van der Waals surface area contributed by atoms with Crippen LogP contribution >= 0.6 is 18.7 Å². The first kappa shape index (κ1) is 49.3. The van der Waals surface area contributed by atoms with Gasteiger partial charge in [-0.25, -0.2) is 4.98 Å². The molecule has 3 saturated heterocycles. The highest BCUT2D eigenvalue weighted by molar-refractivity contribution is 7.70. The molecule has 1 aromatic heterocycles. The van der Waals surface area contributed by atoms with E-state index in [0.29, 0.717) is 65.0 Å². The fraction of sp³-hybridized carbons (Fsp3) is 0.438. The third kappa shape index (κ3) is 11.7. The summed E-state index contributed by atoms with van der Waals surface area (Å²) in [5.74, 6) is -0.722. The van der Waals surface area contributed by atoms with Crippen LogP contribution in [0.1, 0.15) is 52.8 Å². The molecule has 4 aromatic rings. The molecule has 1 atom stereocenters. The summed E-state index contributed by atoms with van der Waals surface area (Å²) < 4.78 is 35.8. The Morgan fingerprint density at radius 1 is 0.826 bits per heavy atom. The predicted molar refractivity (Wildman–Crippen MR) is 260 cm³/mol. The van der Waals surface area contributed by atoms with E-state index in [1.165, 1.54) is 12.3 Å². The Hall–Kier alpha value is -6.11. The van der Waals surface area contributed by atoms with Crippen LogP contribution in [0.5, 0.6) is 11.5 Å². The van der Waals surface area contributed by atoms with Crippen LogP contribution in [0.25, 0.3) is 0 Å². The second kappa shape index (κ2) is 22.1. The Balaban J connectivity index is 0.708. The van der Waals surface area contributed by atoms with Crippen molar-refractivity contribution in [1.82, 2.24) is 30.0 Å². The lowest BCUT2D eigenvalue weighted by Gasteiger charge is -2.43. The molecule has 3 N–H and O–H groups in total. The average Bonchev–Trinajstić information content (AvgIpc) is 3.60. The van der Waals surface area contributed by atoms with Gasteiger partial charge in [-0.15, -0.1) is 0 Å². The summed E-state index contributed by atoms with van der Waals surface area (Å²) >= 11 is 6.48. The van der Waals surface area contributed by atoms with E-state index in [0.717, 1.165) is 49.6 Å². The molecule has 19 nitrogen and oxygen atoms in total. The number of piperidine rings is 2. The third-order valence-electron chi connectivity index (χ3n) is 12.7. The fourth-order valence-electron chi connectivity index (χ4n) is 9.07. The van der Waals surface area contributed by atoms with Gasteiger partial charge >= 0.3 is 0 Å². The molecule has 4 aliphatic heterocycles.